The fourth-order valence-electron chi connectivity index (χ4n) is 3.55. The third-order valence-electron chi connectivity index (χ3n) is 5.00. The smallest absolute Gasteiger partial charge is 0.416 e. The van der Waals surface area contributed by atoms with Gasteiger partial charge in [0, 0.05) is 24.2 Å². The van der Waals surface area contributed by atoms with Crippen LogP contribution in [0, 0.1) is 5.92 Å². The molecular formula is C20H17F3N2O3. The van der Waals surface area contributed by atoms with Crippen LogP contribution < -0.4 is 15.0 Å². The number of para-hydroxylation sites is 1. The molecule has 4 rings (SSSR count). The summed E-state index contributed by atoms with van der Waals surface area (Å²) in [5.74, 6) is -0.605. The molecule has 0 bridgehead atoms. The highest BCUT2D eigenvalue weighted by atomic mass is 19.4. The van der Waals surface area contributed by atoms with E-state index in [0.29, 0.717) is 12.4 Å². The highest BCUT2D eigenvalue weighted by molar-refractivity contribution is 6.00. The topological polar surface area (TPSA) is 58.6 Å². The first-order valence-corrected chi connectivity index (χ1v) is 8.82. The molecule has 0 spiro atoms. The minimum Gasteiger partial charge on any atom is -0.491 e. The summed E-state index contributed by atoms with van der Waals surface area (Å²) in [5, 5.41) is 2.88. The van der Waals surface area contributed by atoms with Crippen molar-refractivity contribution in [2.24, 2.45) is 5.92 Å². The van der Waals surface area contributed by atoms with E-state index in [4.69, 9.17) is 4.74 Å². The lowest BCUT2D eigenvalue weighted by Gasteiger charge is -2.19. The highest BCUT2D eigenvalue weighted by Gasteiger charge is 2.38. The predicted molar refractivity (Wildman–Crippen MR) is 94.7 cm³/mol. The number of nitrogens with one attached hydrogen (secondary N) is 1. The molecule has 5 nitrogen and oxygen atoms in total. The Bertz CT molecular complexity index is 929. The molecule has 28 heavy (non-hydrogen) atoms. The fourth-order valence-corrected chi connectivity index (χ4v) is 3.55. The van der Waals surface area contributed by atoms with Crippen LogP contribution in [0.15, 0.2) is 48.5 Å². The molecule has 1 N–H and O–H groups in total. The highest BCUT2D eigenvalue weighted by Crippen LogP contribution is 2.35. The van der Waals surface area contributed by atoms with E-state index >= 15 is 0 Å². The van der Waals surface area contributed by atoms with Crippen LogP contribution in [0.2, 0.25) is 0 Å². The van der Waals surface area contributed by atoms with Crippen LogP contribution in [0.1, 0.15) is 23.6 Å². The number of carbonyl (C=O) groups is 2. The van der Waals surface area contributed by atoms with E-state index in [0.717, 1.165) is 17.7 Å². The summed E-state index contributed by atoms with van der Waals surface area (Å²) in [6.07, 6.45) is -4.54. The maximum Gasteiger partial charge on any atom is 0.416 e. The average molecular weight is 390 g/mol. The summed E-state index contributed by atoms with van der Waals surface area (Å²) in [5.41, 5.74) is 0.185. The number of ether oxygens (including phenoxy) is 1. The Balaban J connectivity index is 1.46. The Morgan fingerprint density at radius 1 is 1.14 bits per heavy atom. The Hall–Kier alpha value is -3.03. The minimum atomic E-state index is -4.49. The molecule has 2 aromatic carbocycles. The molecule has 2 amide bonds. The van der Waals surface area contributed by atoms with Gasteiger partial charge in [-0.3, -0.25) is 9.59 Å². The van der Waals surface area contributed by atoms with Crippen LogP contribution in [0.4, 0.5) is 18.9 Å². The normalized spacial score (nSPS) is 21.4. The zero-order valence-electron chi connectivity index (χ0n) is 14.7. The van der Waals surface area contributed by atoms with Gasteiger partial charge in [-0.25, -0.2) is 0 Å². The molecular weight excluding hydrogens is 373 g/mol. The van der Waals surface area contributed by atoms with E-state index in [9.17, 15) is 22.8 Å². The molecule has 1 saturated heterocycles. The van der Waals surface area contributed by atoms with Gasteiger partial charge in [-0.15, -0.1) is 0 Å². The minimum absolute atomic E-state index is 0.0429. The molecule has 0 aromatic heterocycles. The van der Waals surface area contributed by atoms with Gasteiger partial charge in [0.15, 0.2) is 0 Å². The van der Waals surface area contributed by atoms with Crippen molar-refractivity contribution in [2.75, 3.05) is 18.1 Å². The lowest BCUT2D eigenvalue weighted by Crippen LogP contribution is -2.36. The van der Waals surface area contributed by atoms with E-state index in [2.05, 4.69) is 5.32 Å². The van der Waals surface area contributed by atoms with E-state index in [-0.39, 0.29) is 36.5 Å². The SMILES string of the molecule is O=C(N[C@H]1COc2ccccc21)[C@@H]1CC(=O)N(c2cccc(C(F)(F)F)c2)C1. The van der Waals surface area contributed by atoms with Crippen molar-refractivity contribution in [3.8, 4) is 5.75 Å². The number of benzene rings is 2. The van der Waals surface area contributed by atoms with Gasteiger partial charge in [0.1, 0.15) is 12.4 Å². The van der Waals surface area contributed by atoms with Crippen molar-refractivity contribution < 1.29 is 27.5 Å². The molecule has 2 heterocycles. The number of nitrogens with zero attached hydrogens (tertiary/aromatic N) is 1. The van der Waals surface area contributed by atoms with Crippen LogP contribution in [0.25, 0.3) is 0 Å². The predicted octanol–water partition coefficient (Wildman–Crippen LogP) is 3.31. The summed E-state index contributed by atoms with van der Waals surface area (Å²) < 4.78 is 44.3. The zero-order chi connectivity index (χ0) is 19.9. The third-order valence-corrected chi connectivity index (χ3v) is 5.00. The van der Waals surface area contributed by atoms with Crippen molar-refractivity contribution in [1.82, 2.24) is 5.32 Å². The van der Waals surface area contributed by atoms with Crippen molar-refractivity contribution in [3.63, 3.8) is 0 Å². The van der Waals surface area contributed by atoms with Crippen molar-refractivity contribution in [3.05, 3.63) is 59.7 Å². The lowest BCUT2D eigenvalue weighted by molar-refractivity contribution is -0.137. The molecule has 8 heteroatoms. The Morgan fingerprint density at radius 3 is 2.71 bits per heavy atom. The monoisotopic (exact) mass is 390 g/mol. The number of carbonyl (C=O) groups excluding carboxylic acids is 2. The average Bonchev–Trinajstić information content (AvgIpc) is 3.25. The van der Waals surface area contributed by atoms with Crippen molar-refractivity contribution in [2.45, 2.75) is 18.6 Å². The quantitative estimate of drug-likeness (QED) is 0.875. The van der Waals surface area contributed by atoms with Crippen LogP contribution in [-0.4, -0.2) is 25.0 Å². The zero-order valence-corrected chi connectivity index (χ0v) is 14.7. The molecule has 0 radical (unpaired) electrons. The van der Waals surface area contributed by atoms with Gasteiger partial charge in [0.25, 0.3) is 0 Å². The molecule has 0 unspecified atom stereocenters. The maximum absolute atomic E-state index is 12.9. The second kappa shape index (κ2) is 6.85. The van der Waals surface area contributed by atoms with E-state index in [1.165, 1.54) is 17.0 Å². The number of alkyl halides is 3. The molecule has 2 aromatic rings. The van der Waals surface area contributed by atoms with E-state index in [1.54, 1.807) is 0 Å². The summed E-state index contributed by atoms with van der Waals surface area (Å²) in [6, 6.07) is 11.6. The van der Waals surface area contributed by atoms with Gasteiger partial charge >= 0.3 is 6.18 Å². The summed E-state index contributed by atoms with van der Waals surface area (Å²) >= 11 is 0. The molecule has 2 aliphatic heterocycles. The lowest BCUT2D eigenvalue weighted by atomic mass is 10.1. The largest absolute Gasteiger partial charge is 0.491 e. The van der Waals surface area contributed by atoms with Crippen LogP contribution in [-0.2, 0) is 15.8 Å². The van der Waals surface area contributed by atoms with Gasteiger partial charge in [0.2, 0.25) is 11.8 Å². The van der Waals surface area contributed by atoms with Crippen LogP contribution >= 0.6 is 0 Å². The Kier molecular flexibility index (Phi) is 4.49. The van der Waals surface area contributed by atoms with Crippen LogP contribution in [0.3, 0.4) is 0 Å². The summed E-state index contributed by atoms with van der Waals surface area (Å²) in [4.78, 5) is 26.2. The molecule has 2 atom stereocenters. The van der Waals surface area contributed by atoms with Crippen molar-refractivity contribution in [1.29, 1.82) is 0 Å². The van der Waals surface area contributed by atoms with E-state index < -0.39 is 17.7 Å². The second-order valence-electron chi connectivity index (χ2n) is 6.86. The second-order valence-corrected chi connectivity index (χ2v) is 6.86. The first kappa shape index (κ1) is 18.3. The number of amides is 2. The summed E-state index contributed by atoms with van der Waals surface area (Å²) in [7, 11) is 0. The first-order chi connectivity index (χ1) is 13.3. The van der Waals surface area contributed by atoms with Gasteiger partial charge in [-0.05, 0) is 24.3 Å². The maximum atomic E-state index is 12.9. The third kappa shape index (κ3) is 3.42. The van der Waals surface area contributed by atoms with E-state index in [1.807, 2.05) is 24.3 Å². The Morgan fingerprint density at radius 2 is 1.93 bits per heavy atom. The molecule has 0 saturated carbocycles. The number of hydrogen-bond acceptors (Lipinski definition) is 3. The molecule has 0 aliphatic carbocycles. The van der Waals surface area contributed by atoms with Gasteiger partial charge < -0.3 is 15.0 Å². The van der Waals surface area contributed by atoms with Crippen molar-refractivity contribution >= 4 is 17.5 Å². The van der Waals surface area contributed by atoms with Gasteiger partial charge in [0.05, 0.1) is 17.5 Å². The number of rotatable bonds is 3. The standard InChI is InChI=1S/C20H17F3N2O3/c21-20(22,23)13-4-3-5-14(9-13)25-10-12(8-18(25)26)19(27)24-16-11-28-17-7-2-1-6-15(16)17/h1-7,9,12,16H,8,10-11H2,(H,24,27)/t12-,16+/m1/s1. The first-order valence-electron chi connectivity index (χ1n) is 8.82. The number of hydrogen-bond donors (Lipinski definition) is 1. The Labute approximate surface area is 159 Å². The van der Waals surface area contributed by atoms with Crippen LogP contribution in [0.5, 0.6) is 5.75 Å². The number of halogens is 3. The summed E-state index contributed by atoms with van der Waals surface area (Å²) in [6.45, 7) is 0.351. The fraction of sp³-hybridized carbons (Fsp3) is 0.300. The number of anilines is 1. The molecule has 2 aliphatic rings. The molecule has 1 fully saturated rings. The van der Waals surface area contributed by atoms with Gasteiger partial charge in [-0.1, -0.05) is 24.3 Å². The molecule has 146 valence electrons. The number of fused-ring (bicyclic) bond motifs is 1. The van der Waals surface area contributed by atoms with Gasteiger partial charge in [-0.2, -0.15) is 13.2 Å².